The Hall–Kier alpha value is -1.72. The summed E-state index contributed by atoms with van der Waals surface area (Å²) in [7, 11) is 0. The molecule has 1 aliphatic rings. The summed E-state index contributed by atoms with van der Waals surface area (Å²) in [5.74, 6) is 1.22. The first-order valence-corrected chi connectivity index (χ1v) is 8.37. The summed E-state index contributed by atoms with van der Waals surface area (Å²) in [6.07, 6.45) is 0. The number of benzene rings is 2. The van der Waals surface area contributed by atoms with Gasteiger partial charge in [0.05, 0.1) is 6.04 Å². The minimum Gasteiger partial charge on any atom is -0.486 e. The van der Waals surface area contributed by atoms with Gasteiger partial charge in [0, 0.05) is 15.1 Å². The summed E-state index contributed by atoms with van der Waals surface area (Å²) < 4.78 is 12.0. The SMILES string of the molecule is C[C@@H](NC(=O)c1cccc(Cl)c1)c1cc2c(cc1Br)OCCO2. The van der Waals surface area contributed by atoms with Crippen LogP contribution in [0.5, 0.6) is 11.5 Å². The van der Waals surface area contributed by atoms with Gasteiger partial charge in [0.15, 0.2) is 11.5 Å². The monoisotopic (exact) mass is 395 g/mol. The van der Waals surface area contributed by atoms with E-state index in [0.717, 1.165) is 10.0 Å². The molecule has 23 heavy (non-hydrogen) atoms. The van der Waals surface area contributed by atoms with Crippen LogP contribution in [0.2, 0.25) is 5.02 Å². The third-order valence-corrected chi connectivity index (χ3v) is 4.48. The van der Waals surface area contributed by atoms with E-state index in [1.807, 2.05) is 19.1 Å². The Balaban J connectivity index is 1.80. The highest BCUT2D eigenvalue weighted by atomic mass is 79.9. The van der Waals surface area contributed by atoms with Crippen LogP contribution in [-0.4, -0.2) is 19.1 Å². The van der Waals surface area contributed by atoms with E-state index in [9.17, 15) is 4.79 Å². The highest BCUT2D eigenvalue weighted by Gasteiger charge is 2.19. The van der Waals surface area contributed by atoms with Gasteiger partial charge in [0.25, 0.3) is 5.91 Å². The molecule has 2 aromatic carbocycles. The lowest BCUT2D eigenvalue weighted by molar-refractivity contribution is 0.0939. The molecule has 0 aliphatic carbocycles. The number of carbonyl (C=O) groups excluding carboxylic acids is 1. The smallest absolute Gasteiger partial charge is 0.251 e. The molecule has 1 N–H and O–H groups in total. The Kier molecular flexibility index (Phi) is 4.78. The van der Waals surface area contributed by atoms with Crippen molar-refractivity contribution in [3.63, 3.8) is 0 Å². The van der Waals surface area contributed by atoms with Crippen molar-refractivity contribution in [2.24, 2.45) is 0 Å². The lowest BCUT2D eigenvalue weighted by Gasteiger charge is -2.22. The van der Waals surface area contributed by atoms with E-state index in [4.69, 9.17) is 21.1 Å². The van der Waals surface area contributed by atoms with Crippen LogP contribution < -0.4 is 14.8 Å². The summed E-state index contributed by atoms with van der Waals surface area (Å²) in [6, 6.07) is 10.4. The average molecular weight is 397 g/mol. The van der Waals surface area contributed by atoms with Gasteiger partial charge in [-0.2, -0.15) is 0 Å². The van der Waals surface area contributed by atoms with Crippen LogP contribution in [0.3, 0.4) is 0 Å². The molecular formula is C17H15BrClNO3. The van der Waals surface area contributed by atoms with Crippen molar-refractivity contribution in [2.45, 2.75) is 13.0 Å². The molecule has 4 nitrogen and oxygen atoms in total. The maximum Gasteiger partial charge on any atom is 0.251 e. The number of hydrogen-bond donors (Lipinski definition) is 1. The van der Waals surface area contributed by atoms with Crippen LogP contribution in [0.25, 0.3) is 0 Å². The van der Waals surface area contributed by atoms with Gasteiger partial charge < -0.3 is 14.8 Å². The molecule has 1 atom stereocenters. The molecular weight excluding hydrogens is 382 g/mol. The molecule has 0 saturated carbocycles. The highest BCUT2D eigenvalue weighted by molar-refractivity contribution is 9.10. The minimum absolute atomic E-state index is 0.179. The van der Waals surface area contributed by atoms with Gasteiger partial charge in [-0.3, -0.25) is 4.79 Å². The van der Waals surface area contributed by atoms with Crippen molar-refractivity contribution in [1.82, 2.24) is 5.32 Å². The topological polar surface area (TPSA) is 47.6 Å². The molecule has 1 amide bonds. The second-order valence-corrected chi connectivity index (χ2v) is 6.51. The first-order chi connectivity index (χ1) is 11.0. The molecule has 1 aliphatic heterocycles. The molecule has 2 aromatic rings. The van der Waals surface area contributed by atoms with Gasteiger partial charge >= 0.3 is 0 Å². The fourth-order valence-electron chi connectivity index (χ4n) is 2.40. The number of ether oxygens (including phenoxy) is 2. The molecule has 0 spiro atoms. The number of carbonyl (C=O) groups is 1. The summed E-state index contributed by atoms with van der Waals surface area (Å²) in [5.41, 5.74) is 1.45. The minimum atomic E-state index is -0.202. The summed E-state index contributed by atoms with van der Waals surface area (Å²) in [6.45, 7) is 2.98. The highest BCUT2D eigenvalue weighted by Crippen LogP contribution is 2.37. The van der Waals surface area contributed by atoms with Gasteiger partial charge in [-0.15, -0.1) is 0 Å². The fourth-order valence-corrected chi connectivity index (χ4v) is 3.26. The van der Waals surface area contributed by atoms with E-state index < -0.39 is 0 Å². The summed E-state index contributed by atoms with van der Waals surface area (Å²) in [4.78, 5) is 12.3. The van der Waals surface area contributed by atoms with E-state index in [-0.39, 0.29) is 11.9 Å². The van der Waals surface area contributed by atoms with Gasteiger partial charge in [0.2, 0.25) is 0 Å². The Bertz CT molecular complexity index is 751. The van der Waals surface area contributed by atoms with Crippen LogP contribution in [0.4, 0.5) is 0 Å². The maximum atomic E-state index is 12.3. The lowest BCUT2D eigenvalue weighted by Crippen LogP contribution is -2.27. The third kappa shape index (κ3) is 3.62. The molecule has 0 bridgehead atoms. The first kappa shape index (κ1) is 16.1. The zero-order valence-corrected chi connectivity index (χ0v) is 14.8. The number of rotatable bonds is 3. The molecule has 0 radical (unpaired) electrons. The predicted molar refractivity (Wildman–Crippen MR) is 92.5 cm³/mol. The largest absolute Gasteiger partial charge is 0.486 e. The number of fused-ring (bicyclic) bond motifs is 1. The van der Waals surface area contributed by atoms with E-state index in [1.54, 1.807) is 24.3 Å². The fraction of sp³-hybridized carbons (Fsp3) is 0.235. The standard InChI is InChI=1S/C17H15BrClNO3/c1-10(20-17(21)11-3-2-4-12(19)7-11)13-8-15-16(9-14(13)18)23-6-5-22-15/h2-4,7-10H,5-6H2,1H3,(H,20,21)/t10-/m1/s1. The zero-order chi connectivity index (χ0) is 16.4. The van der Waals surface area contributed by atoms with Crippen molar-refractivity contribution in [2.75, 3.05) is 13.2 Å². The van der Waals surface area contributed by atoms with E-state index >= 15 is 0 Å². The molecule has 0 aromatic heterocycles. The van der Waals surface area contributed by atoms with Crippen LogP contribution in [0.1, 0.15) is 28.9 Å². The quantitative estimate of drug-likeness (QED) is 0.838. The molecule has 0 saturated heterocycles. The van der Waals surface area contributed by atoms with Crippen LogP contribution in [-0.2, 0) is 0 Å². The second kappa shape index (κ2) is 6.81. The maximum absolute atomic E-state index is 12.3. The predicted octanol–water partition coefficient (Wildman–Crippen LogP) is 4.36. The number of amides is 1. The Morgan fingerprint density at radius 1 is 1.22 bits per heavy atom. The van der Waals surface area contributed by atoms with E-state index in [2.05, 4.69) is 21.2 Å². The molecule has 0 unspecified atom stereocenters. The van der Waals surface area contributed by atoms with E-state index in [0.29, 0.717) is 35.3 Å². The Labute approximate surface area is 147 Å². The summed E-state index contributed by atoms with van der Waals surface area (Å²) in [5, 5.41) is 3.50. The van der Waals surface area contributed by atoms with Crippen molar-refractivity contribution in [3.8, 4) is 11.5 Å². The van der Waals surface area contributed by atoms with Gasteiger partial charge in [-0.1, -0.05) is 33.6 Å². The van der Waals surface area contributed by atoms with Crippen molar-refractivity contribution in [1.29, 1.82) is 0 Å². The Morgan fingerprint density at radius 2 is 1.91 bits per heavy atom. The first-order valence-electron chi connectivity index (χ1n) is 7.20. The van der Waals surface area contributed by atoms with Gasteiger partial charge in [-0.05, 0) is 42.8 Å². The Morgan fingerprint density at radius 3 is 2.61 bits per heavy atom. The van der Waals surface area contributed by atoms with Gasteiger partial charge in [-0.25, -0.2) is 0 Å². The molecule has 120 valence electrons. The number of nitrogens with one attached hydrogen (secondary N) is 1. The van der Waals surface area contributed by atoms with Crippen molar-refractivity contribution < 1.29 is 14.3 Å². The molecule has 1 heterocycles. The molecule has 0 fully saturated rings. The van der Waals surface area contributed by atoms with Crippen LogP contribution >= 0.6 is 27.5 Å². The number of hydrogen-bond acceptors (Lipinski definition) is 3. The van der Waals surface area contributed by atoms with E-state index in [1.165, 1.54) is 0 Å². The normalized spacial score (nSPS) is 14.2. The lowest BCUT2D eigenvalue weighted by atomic mass is 10.1. The van der Waals surface area contributed by atoms with Crippen LogP contribution in [0, 0.1) is 0 Å². The average Bonchev–Trinajstić information content (AvgIpc) is 2.54. The summed E-state index contributed by atoms with van der Waals surface area (Å²) >= 11 is 9.45. The molecule has 6 heteroatoms. The van der Waals surface area contributed by atoms with Gasteiger partial charge in [0.1, 0.15) is 13.2 Å². The third-order valence-electron chi connectivity index (χ3n) is 3.56. The van der Waals surface area contributed by atoms with Crippen molar-refractivity contribution >= 4 is 33.4 Å². The zero-order valence-electron chi connectivity index (χ0n) is 12.4. The number of halogens is 2. The second-order valence-electron chi connectivity index (χ2n) is 5.22. The van der Waals surface area contributed by atoms with Crippen molar-refractivity contribution in [3.05, 3.63) is 57.0 Å². The van der Waals surface area contributed by atoms with Crippen LogP contribution in [0.15, 0.2) is 40.9 Å². The molecule has 3 rings (SSSR count).